The highest BCUT2D eigenvalue weighted by Crippen LogP contribution is 2.44. The van der Waals surface area contributed by atoms with E-state index in [0.717, 1.165) is 11.8 Å². The maximum atomic E-state index is 10.9. The van der Waals surface area contributed by atoms with Crippen molar-refractivity contribution in [3.05, 3.63) is 23.2 Å². The second-order valence-electron chi connectivity index (χ2n) is 3.35. The average molecular weight is 232 g/mol. The molecule has 0 saturated heterocycles. The summed E-state index contributed by atoms with van der Waals surface area (Å²) < 4.78 is 10.9. The molecule has 4 N–H and O–H groups in total. The highest BCUT2D eigenvalue weighted by Gasteiger charge is 2.20. The minimum atomic E-state index is -4.31. The van der Waals surface area contributed by atoms with Gasteiger partial charge < -0.3 is 15.5 Å². The zero-order valence-electron chi connectivity index (χ0n) is 8.97. The van der Waals surface area contributed by atoms with Gasteiger partial charge in [-0.3, -0.25) is 9.56 Å². The fourth-order valence-corrected chi connectivity index (χ4v) is 1.50. The lowest BCUT2D eigenvalue weighted by Crippen LogP contribution is -2.01. The zero-order chi connectivity index (χ0) is 12.1. The summed E-state index contributed by atoms with van der Waals surface area (Å²) in [6.45, 7) is 7.44. The number of hydrogen-bond acceptors (Lipinski definition) is 3. The van der Waals surface area contributed by atoms with Crippen LogP contribution in [0.1, 0.15) is 20.3 Å². The molecule has 0 bridgehead atoms. The Kier molecular flexibility index (Phi) is 5.50. The Labute approximate surface area is 89.6 Å². The van der Waals surface area contributed by atoms with E-state index in [-0.39, 0.29) is 11.0 Å². The number of allylic oxidation sites excluding steroid dienone is 2. The van der Waals surface area contributed by atoms with Crippen molar-refractivity contribution in [2.45, 2.75) is 20.3 Å². The number of nitrogens with two attached hydrogens (primary N) is 1. The molecule has 0 spiro atoms. The Hall–Kier alpha value is -0.900. The smallest absolute Gasteiger partial charge is 0.359 e. The maximum absolute atomic E-state index is 10.9. The normalized spacial score (nSPS) is 14.1. The van der Waals surface area contributed by atoms with E-state index in [4.69, 9.17) is 15.5 Å². The Bertz CT molecular complexity index is 337. The molecule has 0 fully saturated rings. The van der Waals surface area contributed by atoms with E-state index in [1.807, 2.05) is 6.92 Å². The highest BCUT2D eigenvalue weighted by atomic mass is 31.2. The molecular weight excluding hydrogens is 215 g/mol. The van der Waals surface area contributed by atoms with Gasteiger partial charge in [-0.2, -0.15) is 0 Å². The van der Waals surface area contributed by atoms with Crippen LogP contribution in [-0.2, 0) is 4.57 Å². The summed E-state index contributed by atoms with van der Waals surface area (Å²) in [5.41, 5.74) is 6.40. The van der Waals surface area contributed by atoms with Crippen LogP contribution in [0.2, 0.25) is 0 Å². The molecular formula is C9H17N2O3P. The average Bonchev–Trinajstić information content (AvgIpc) is 1.99. The van der Waals surface area contributed by atoms with Crippen LogP contribution in [0.5, 0.6) is 0 Å². The van der Waals surface area contributed by atoms with E-state index in [1.54, 1.807) is 0 Å². The van der Waals surface area contributed by atoms with Gasteiger partial charge in [-0.05, 0) is 20.3 Å². The van der Waals surface area contributed by atoms with Crippen molar-refractivity contribution in [3.8, 4) is 0 Å². The number of hydrogen-bond donors (Lipinski definition) is 3. The Morgan fingerprint density at radius 2 is 2.07 bits per heavy atom. The van der Waals surface area contributed by atoms with Gasteiger partial charge in [-0.1, -0.05) is 5.57 Å². The molecule has 0 aliphatic rings. The van der Waals surface area contributed by atoms with Crippen molar-refractivity contribution < 1.29 is 14.4 Å². The van der Waals surface area contributed by atoms with Gasteiger partial charge >= 0.3 is 7.60 Å². The Morgan fingerprint density at radius 1 is 1.53 bits per heavy atom. The van der Waals surface area contributed by atoms with Crippen molar-refractivity contribution >= 4 is 13.8 Å². The predicted octanol–water partition coefficient (Wildman–Crippen LogP) is 1.39. The molecule has 0 atom stereocenters. The lowest BCUT2D eigenvalue weighted by molar-refractivity contribution is 0.384. The van der Waals surface area contributed by atoms with Crippen molar-refractivity contribution in [3.63, 3.8) is 0 Å². The predicted molar refractivity (Wildman–Crippen MR) is 61.7 cm³/mol. The Balaban J connectivity index is 4.54. The largest absolute Gasteiger partial charge is 0.401 e. The lowest BCUT2D eigenvalue weighted by Gasteiger charge is -2.05. The Morgan fingerprint density at radius 3 is 2.40 bits per heavy atom. The summed E-state index contributed by atoms with van der Waals surface area (Å²) in [5.74, 6) is 0. The van der Waals surface area contributed by atoms with E-state index in [2.05, 4.69) is 11.6 Å². The first-order valence-electron chi connectivity index (χ1n) is 4.42. The minimum absolute atomic E-state index is 0.0856. The molecule has 5 nitrogen and oxygen atoms in total. The van der Waals surface area contributed by atoms with Crippen LogP contribution in [0, 0.1) is 0 Å². The van der Waals surface area contributed by atoms with Crippen LogP contribution in [0.15, 0.2) is 28.2 Å². The van der Waals surface area contributed by atoms with Gasteiger partial charge in [-0.25, -0.2) is 0 Å². The van der Waals surface area contributed by atoms with Gasteiger partial charge in [0.05, 0.1) is 5.31 Å². The SMILES string of the molecule is C=C(C)CCN=CC(=C(C)N)P(=O)(O)O. The maximum Gasteiger partial charge on any atom is 0.359 e. The summed E-state index contributed by atoms with van der Waals surface area (Å²) in [6.07, 6.45) is 1.83. The van der Waals surface area contributed by atoms with Gasteiger partial charge in [0, 0.05) is 18.5 Å². The van der Waals surface area contributed by atoms with Gasteiger partial charge in [-0.15, -0.1) is 6.58 Å². The van der Waals surface area contributed by atoms with Crippen LogP contribution in [0.3, 0.4) is 0 Å². The van der Waals surface area contributed by atoms with Crippen molar-refractivity contribution in [2.24, 2.45) is 10.7 Å². The quantitative estimate of drug-likeness (QED) is 0.379. The zero-order valence-corrected chi connectivity index (χ0v) is 9.87. The molecule has 0 radical (unpaired) electrons. The van der Waals surface area contributed by atoms with E-state index in [0.29, 0.717) is 13.0 Å². The monoisotopic (exact) mass is 232 g/mol. The molecule has 0 heterocycles. The van der Waals surface area contributed by atoms with E-state index in [9.17, 15) is 4.57 Å². The summed E-state index contributed by atoms with van der Waals surface area (Å²) in [6, 6.07) is 0. The van der Waals surface area contributed by atoms with Gasteiger partial charge in [0.1, 0.15) is 0 Å². The van der Waals surface area contributed by atoms with Crippen LogP contribution in [0.25, 0.3) is 0 Å². The van der Waals surface area contributed by atoms with Crippen molar-refractivity contribution in [1.29, 1.82) is 0 Å². The summed E-state index contributed by atoms with van der Waals surface area (Å²) in [5, 5.41) is -0.218. The van der Waals surface area contributed by atoms with Crippen LogP contribution >= 0.6 is 7.60 Å². The molecule has 0 saturated carbocycles. The summed E-state index contributed by atoms with van der Waals surface area (Å²) in [7, 11) is -4.31. The first kappa shape index (κ1) is 14.1. The van der Waals surface area contributed by atoms with Crippen LogP contribution < -0.4 is 5.73 Å². The van der Waals surface area contributed by atoms with Crippen molar-refractivity contribution in [1.82, 2.24) is 0 Å². The minimum Gasteiger partial charge on any atom is -0.401 e. The van der Waals surface area contributed by atoms with Gasteiger partial charge in [0.2, 0.25) is 0 Å². The number of aliphatic imine (C=N–C) groups is 1. The van der Waals surface area contributed by atoms with E-state index < -0.39 is 7.60 Å². The summed E-state index contributed by atoms with van der Waals surface area (Å²) >= 11 is 0. The van der Waals surface area contributed by atoms with Gasteiger partial charge in [0.25, 0.3) is 0 Å². The second-order valence-corrected chi connectivity index (χ2v) is 4.92. The molecule has 0 aliphatic heterocycles. The molecule has 0 aromatic carbocycles. The van der Waals surface area contributed by atoms with E-state index >= 15 is 0 Å². The number of rotatable bonds is 5. The van der Waals surface area contributed by atoms with Crippen LogP contribution in [-0.4, -0.2) is 22.5 Å². The molecule has 86 valence electrons. The topological polar surface area (TPSA) is 95.9 Å². The standard InChI is InChI=1S/C9H17N2O3P/c1-7(2)4-5-11-6-9(8(3)10)15(12,13)14/h6H,1,4-5,10H2,2-3H3,(H2,12,13,14). The first-order valence-corrected chi connectivity index (χ1v) is 6.03. The first-order chi connectivity index (χ1) is 6.75. The number of nitrogens with zero attached hydrogens (tertiary/aromatic N) is 1. The van der Waals surface area contributed by atoms with E-state index in [1.165, 1.54) is 6.92 Å². The van der Waals surface area contributed by atoms with Crippen LogP contribution in [0.4, 0.5) is 0 Å². The third kappa shape index (κ3) is 6.23. The summed E-state index contributed by atoms with van der Waals surface area (Å²) in [4.78, 5) is 21.7. The molecule has 6 heteroatoms. The molecule has 0 rings (SSSR count). The molecule has 15 heavy (non-hydrogen) atoms. The fourth-order valence-electron chi connectivity index (χ4n) is 0.813. The molecule has 0 aliphatic carbocycles. The fraction of sp³-hybridized carbons (Fsp3) is 0.444. The van der Waals surface area contributed by atoms with Crippen molar-refractivity contribution in [2.75, 3.05) is 6.54 Å². The third-order valence-corrected chi connectivity index (χ3v) is 2.69. The molecule has 0 aromatic heterocycles. The molecule has 0 unspecified atom stereocenters. The second kappa shape index (κ2) is 5.85. The molecule has 0 aromatic rings. The van der Waals surface area contributed by atoms with Gasteiger partial charge in [0.15, 0.2) is 0 Å². The lowest BCUT2D eigenvalue weighted by atomic mass is 10.2. The highest BCUT2D eigenvalue weighted by molar-refractivity contribution is 7.57. The molecule has 0 amide bonds. The third-order valence-electron chi connectivity index (χ3n) is 1.60.